The monoisotopic (exact) mass is 243 g/mol. The molecule has 0 fully saturated rings. The smallest absolute Gasteiger partial charge is 0.278 e. The molecule has 0 aliphatic carbocycles. The van der Waals surface area contributed by atoms with Crippen molar-refractivity contribution in [3.63, 3.8) is 0 Å². The van der Waals surface area contributed by atoms with E-state index in [1.807, 2.05) is 19.9 Å². The first-order chi connectivity index (χ1) is 8.58. The molecule has 0 aliphatic heterocycles. The van der Waals surface area contributed by atoms with Gasteiger partial charge < -0.3 is 11.1 Å². The van der Waals surface area contributed by atoms with Gasteiger partial charge in [-0.25, -0.2) is 9.97 Å². The van der Waals surface area contributed by atoms with E-state index >= 15 is 0 Å². The fraction of sp³-hybridized carbons (Fsp3) is 0.167. The Morgan fingerprint density at radius 1 is 1.22 bits per heavy atom. The highest BCUT2D eigenvalue weighted by atomic mass is 16.1. The van der Waals surface area contributed by atoms with Crippen LogP contribution in [0.15, 0.2) is 24.5 Å². The largest absolute Gasteiger partial charge is 0.382 e. The van der Waals surface area contributed by atoms with E-state index in [1.165, 1.54) is 12.4 Å². The Kier molecular flexibility index (Phi) is 3.18. The van der Waals surface area contributed by atoms with Gasteiger partial charge in [-0.05, 0) is 26.0 Å². The van der Waals surface area contributed by atoms with E-state index in [2.05, 4.69) is 20.3 Å². The van der Waals surface area contributed by atoms with Crippen LogP contribution in [0.4, 0.5) is 11.5 Å². The second kappa shape index (κ2) is 4.79. The van der Waals surface area contributed by atoms with Crippen LogP contribution >= 0.6 is 0 Å². The van der Waals surface area contributed by atoms with E-state index in [4.69, 9.17) is 5.73 Å². The maximum absolute atomic E-state index is 12.0. The highest BCUT2D eigenvalue weighted by Gasteiger charge is 2.13. The molecule has 0 radical (unpaired) electrons. The predicted molar refractivity (Wildman–Crippen MR) is 68.1 cm³/mol. The average Bonchev–Trinajstić information content (AvgIpc) is 2.33. The molecular formula is C12H13N5O. The van der Waals surface area contributed by atoms with Crippen molar-refractivity contribution >= 4 is 17.4 Å². The number of nitrogens with one attached hydrogen (secondary N) is 1. The molecule has 0 spiro atoms. The van der Waals surface area contributed by atoms with Crippen molar-refractivity contribution < 1.29 is 4.79 Å². The van der Waals surface area contributed by atoms with Crippen LogP contribution in [0.1, 0.15) is 21.9 Å². The molecule has 0 saturated carbocycles. The van der Waals surface area contributed by atoms with Gasteiger partial charge in [-0.15, -0.1) is 0 Å². The van der Waals surface area contributed by atoms with Crippen LogP contribution in [0.2, 0.25) is 0 Å². The van der Waals surface area contributed by atoms with Gasteiger partial charge in [0.1, 0.15) is 0 Å². The lowest BCUT2D eigenvalue weighted by Crippen LogP contribution is -2.17. The normalized spacial score (nSPS) is 10.1. The van der Waals surface area contributed by atoms with Crippen LogP contribution in [0.5, 0.6) is 0 Å². The summed E-state index contributed by atoms with van der Waals surface area (Å²) >= 11 is 0. The highest BCUT2D eigenvalue weighted by Crippen LogP contribution is 2.14. The highest BCUT2D eigenvalue weighted by molar-refractivity contribution is 6.05. The van der Waals surface area contributed by atoms with Gasteiger partial charge >= 0.3 is 0 Å². The lowest BCUT2D eigenvalue weighted by molar-refractivity contribution is 0.102. The summed E-state index contributed by atoms with van der Waals surface area (Å²) in [6.45, 7) is 3.71. The van der Waals surface area contributed by atoms with Crippen molar-refractivity contribution in [2.24, 2.45) is 0 Å². The van der Waals surface area contributed by atoms with E-state index in [0.29, 0.717) is 5.69 Å². The number of nitrogens with two attached hydrogens (primary N) is 1. The van der Waals surface area contributed by atoms with Crippen LogP contribution in [0.3, 0.4) is 0 Å². The fourth-order valence-corrected chi connectivity index (χ4v) is 1.52. The topological polar surface area (TPSA) is 93.8 Å². The molecule has 92 valence electrons. The minimum atomic E-state index is -0.394. The first kappa shape index (κ1) is 12.0. The zero-order chi connectivity index (χ0) is 13.1. The average molecular weight is 243 g/mol. The summed E-state index contributed by atoms with van der Waals surface area (Å²) in [5.41, 5.74) is 7.97. The Labute approximate surface area is 104 Å². The molecule has 6 nitrogen and oxygen atoms in total. The second-order valence-electron chi connectivity index (χ2n) is 3.83. The number of carbonyl (C=O) groups is 1. The van der Waals surface area contributed by atoms with E-state index in [9.17, 15) is 4.79 Å². The maximum atomic E-state index is 12.0. The minimum Gasteiger partial charge on any atom is -0.382 e. The standard InChI is InChI=1S/C12H13N5O/c1-7-3-4-9(8(2)16-7)17-12(18)10-11(13)15-6-5-14-10/h3-6H,1-2H3,(H2,13,15)(H,17,18). The van der Waals surface area contributed by atoms with Gasteiger partial charge in [0.25, 0.3) is 5.91 Å². The molecule has 0 saturated heterocycles. The summed E-state index contributed by atoms with van der Waals surface area (Å²) in [5, 5.41) is 2.71. The number of carbonyl (C=O) groups excluding carboxylic acids is 1. The summed E-state index contributed by atoms with van der Waals surface area (Å²) in [7, 11) is 0. The number of rotatable bonds is 2. The molecule has 2 aromatic heterocycles. The SMILES string of the molecule is Cc1ccc(NC(=O)c2nccnc2N)c(C)n1. The number of aryl methyl sites for hydroxylation is 2. The van der Waals surface area contributed by atoms with Crippen molar-refractivity contribution in [3.05, 3.63) is 41.6 Å². The number of anilines is 2. The van der Waals surface area contributed by atoms with E-state index < -0.39 is 5.91 Å². The summed E-state index contributed by atoms with van der Waals surface area (Å²) in [6.07, 6.45) is 2.86. The van der Waals surface area contributed by atoms with Crippen LogP contribution in [0.25, 0.3) is 0 Å². The zero-order valence-corrected chi connectivity index (χ0v) is 10.1. The van der Waals surface area contributed by atoms with Gasteiger partial charge in [-0.2, -0.15) is 0 Å². The summed E-state index contributed by atoms with van der Waals surface area (Å²) in [5.74, 6) is -0.290. The Balaban J connectivity index is 2.24. The molecule has 0 unspecified atom stereocenters. The van der Waals surface area contributed by atoms with Crippen molar-refractivity contribution in [3.8, 4) is 0 Å². The van der Waals surface area contributed by atoms with Crippen LogP contribution in [-0.4, -0.2) is 20.9 Å². The molecule has 0 aromatic carbocycles. The Morgan fingerprint density at radius 2 is 1.94 bits per heavy atom. The number of nitrogen functional groups attached to an aromatic ring is 1. The predicted octanol–water partition coefficient (Wildman–Crippen LogP) is 1.32. The molecule has 2 heterocycles. The summed E-state index contributed by atoms with van der Waals surface area (Å²) in [6, 6.07) is 3.62. The molecule has 1 amide bonds. The number of nitrogens with zero attached hydrogens (tertiary/aromatic N) is 3. The first-order valence-corrected chi connectivity index (χ1v) is 5.40. The Hall–Kier alpha value is -2.50. The van der Waals surface area contributed by atoms with Crippen LogP contribution in [-0.2, 0) is 0 Å². The van der Waals surface area contributed by atoms with Gasteiger partial charge in [0.2, 0.25) is 0 Å². The number of hydrogen-bond donors (Lipinski definition) is 2. The molecule has 0 bridgehead atoms. The van der Waals surface area contributed by atoms with Gasteiger partial charge in [0.05, 0.1) is 11.4 Å². The van der Waals surface area contributed by atoms with E-state index in [0.717, 1.165) is 11.4 Å². The molecule has 18 heavy (non-hydrogen) atoms. The lowest BCUT2D eigenvalue weighted by Gasteiger charge is -2.08. The maximum Gasteiger partial charge on any atom is 0.278 e. The molecule has 6 heteroatoms. The van der Waals surface area contributed by atoms with Crippen molar-refractivity contribution in [1.29, 1.82) is 0 Å². The Bertz CT molecular complexity index is 597. The minimum absolute atomic E-state index is 0.104. The zero-order valence-electron chi connectivity index (χ0n) is 10.1. The lowest BCUT2D eigenvalue weighted by atomic mass is 10.2. The summed E-state index contributed by atoms with van der Waals surface area (Å²) < 4.78 is 0. The molecule has 3 N–H and O–H groups in total. The first-order valence-electron chi connectivity index (χ1n) is 5.40. The van der Waals surface area contributed by atoms with Crippen molar-refractivity contribution in [2.45, 2.75) is 13.8 Å². The molecule has 2 aromatic rings. The van der Waals surface area contributed by atoms with Gasteiger partial charge in [-0.3, -0.25) is 9.78 Å². The molecule has 0 atom stereocenters. The Morgan fingerprint density at radius 3 is 2.61 bits per heavy atom. The van der Waals surface area contributed by atoms with Crippen LogP contribution < -0.4 is 11.1 Å². The third-order valence-corrected chi connectivity index (χ3v) is 2.41. The quantitative estimate of drug-likeness (QED) is 0.829. The number of aromatic nitrogens is 3. The molecule has 2 rings (SSSR count). The van der Waals surface area contributed by atoms with Crippen molar-refractivity contribution in [2.75, 3.05) is 11.1 Å². The van der Waals surface area contributed by atoms with Crippen LogP contribution in [0, 0.1) is 13.8 Å². The van der Waals surface area contributed by atoms with Crippen molar-refractivity contribution in [1.82, 2.24) is 15.0 Å². The van der Waals surface area contributed by atoms with E-state index in [-0.39, 0.29) is 11.5 Å². The fourth-order valence-electron chi connectivity index (χ4n) is 1.52. The van der Waals surface area contributed by atoms with Gasteiger partial charge in [0, 0.05) is 18.1 Å². The molecular weight excluding hydrogens is 230 g/mol. The van der Waals surface area contributed by atoms with Gasteiger partial charge in [-0.1, -0.05) is 0 Å². The molecule has 0 aliphatic rings. The second-order valence-corrected chi connectivity index (χ2v) is 3.83. The number of hydrogen-bond acceptors (Lipinski definition) is 5. The third kappa shape index (κ3) is 2.42. The number of amides is 1. The number of pyridine rings is 1. The van der Waals surface area contributed by atoms with E-state index in [1.54, 1.807) is 6.07 Å². The summed E-state index contributed by atoms with van der Waals surface area (Å²) in [4.78, 5) is 23.9. The van der Waals surface area contributed by atoms with Gasteiger partial charge in [0.15, 0.2) is 11.5 Å². The third-order valence-electron chi connectivity index (χ3n) is 2.41.